The van der Waals surface area contributed by atoms with E-state index in [4.69, 9.17) is 16.6 Å². The number of nitrogens with one attached hydrogen (secondary N) is 1. The number of carboxylic acids is 1. The van der Waals surface area contributed by atoms with Crippen molar-refractivity contribution >= 4 is 23.3 Å². The largest absolute Gasteiger partial charge is 0.478 e. The molecular formula is C25H28N4O3S. The lowest BCUT2D eigenvalue weighted by atomic mass is 10.0. The van der Waals surface area contributed by atoms with Crippen molar-refractivity contribution in [2.45, 2.75) is 25.4 Å². The molecule has 4 rings (SSSR count). The number of carboxylic acid groups (broad SMARTS) is 1. The Morgan fingerprint density at radius 2 is 2.06 bits per heavy atom. The molecule has 0 bridgehead atoms. The van der Waals surface area contributed by atoms with Gasteiger partial charge in [0.05, 0.1) is 17.3 Å². The van der Waals surface area contributed by atoms with E-state index in [2.05, 4.69) is 34.2 Å². The lowest BCUT2D eigenvalue weighted by Crippen LogP contribution is -2.32. The predicted octanol–water partition coefficient (Wildman–Crippen LogP) is 4.27. The molecule has 3 heterocycles. The Morgan fingerprint density at radius 1 is 1.24 bits per heavy atom. The van der Waals surface area contributed by atoms with Gasteiger partial charge in [-0.3, -0.25) is 4.98 Å². The SMILES string of the molecule is Cc1cc(C(=O)O)ccc1-c1ccc([C@H]2[C@@H](c3ccccn3)NC(=S)N2CCCN(C)C)o1. The van der Waals surface area contributed by atoms with Crippen LogP contribution in [0.4, 0.5) is 0 Å². The van der Waals surface area contributed by atoms with Gasteiger partial charge in [0.2, 0.25) is 0 Å². The predicted molar refractivity (Wildman–Crippen MR) is 131 cm³/mol. The maximum atomic E-state index is 11.3. The van der Waals surface area contributed by atoms with Gasteiger partial charge in [0.1, 0.15) is 17.6 Å². The molecule has 33 heavy (non-hydrogen) atoms. The van der Waals surface area contributed by atoms with E-state index in [0.29, 0.717) is 10.9 Å². The molecule has 1 aliphatic rings. The van der Waals surface area contributed by atoms with Gasteiger partial charge in [-0.1, -0.05) is 12.1 Å². The molecule has 0 amide bonds. The molecule has 0 saturated carbocycles. The molecule has 2 N–H and O–H groups in total. The first-order valence-corrected chi connectivity index (χ1v) is 11.3. The van der Waals surface area contributed by atoms with Crippen molar-refractivity contribution in [1.82, 2.24) is 20.1 Å². The monoisotopic (exact) mass is 464 g/mol. The number of carbonyl (C=O) groups is 1. The van der Waals surface area contributed by atoms with Crippen molar-refractivity contribution in [3.05, 3.63) is 77.3 Å². The fourth-order valence-electron chi connectivity index (χ4n) is 4.24. The summed E-state index contributed by atoms with van der Waals surface area (Å²) < 4.78 is 6.37. The average Bonchev–Trinajstić information content (AvgIpc) is 3.39. The number of hydrogen-bond acceptors (Lipinski definition) is 5. The van der Waals surface area contributed by atoms with Crippen LogP contribution >= 0.6 is 12.2 Å². The number of rotatable bonds is 8. The highest BCUT2D eigenvalue weighted by atomic mass is 32.1. The van der Waals surface area contributed by atoms with Crippen LogP contribution in [0.3, 0.4) is 0 Å². The summed E-state index contributed by atoms with van der Waals surface area (Å²) in [4.78, 5) is 20.2. The zero-order chi connectivity index (χ0) is 23.5. The van der Waals surface area contributed by atoms with Gasteiger partial charge in [-0.25, -0.2) is 4.79 Å². The molecule has 7 nitrogen and oxygen atoms in total. The third kappa shape index (κ3) is 4.91. The van der Waals surface area contributed by atoms with Crippen molar-refractivity contribution in [2.24, 2.45) is 0 Å². The maximum absolute atomic E-state index is 11.3. The number of pyridine rings is 1. The molecule has 0 spiro atoms. The molecular weight excluding hydrogens is 436 g/mol. The first kappa shape index (κ1) is 22.9. The first-order chi connectivity index (χ1) is 15.8. The molecule has 1 aliphatic heterocycles. The summed E-state index contributed by atoms with van der Waals surface area (Å²) in [5, 5.41) is 13.4. The van der Waals surface area contributed by atoms with Crippen LogP contribution in [0.2, 0.25) is 0 Å². The van der Waals surface area contributed by atoms with E-state index in [1.807, 2.05) is 37.3 Å². The van der Waals surface area contributed by atoms with Crippen molar-refractivity contribution in [1.29, 1.82) is 0 Å². The normalized spacial score (nSPS) is 18.1. The second kappa shape index (κ2) is 9.72. The van der Waals surface area contributed by atoms with Crippen LogP contribution in [-0.4, -0.2) is 58.2 Å². The van der Waals surface area contributed by atoms with Crippen molar-refractivity contribution in [2.75, 3.05) is 27.2 Å². The van der Waals surface area contributed by atoms with E-state index in [0.717, 1.165) is 42.1 Å². The molecule has 8 heteroatoms. The minimum Gasteiger partial charge on any atom is -0.478 e. The zero-order valence-electron chi connectivity index (χ0n) is 19.0. The zero-order valence-corrected chi connectivity index (χ0v) is 19.8. The summed E-state index contributed by atoms with van der Waals surface area (Å²) in [6.07, 6.45) is 2.75. The Balaban J connectivity index is 1.68. The highest BCUT2D eigenvalue weighted by Gasteiger charge is 2.41. The number of thiocarbonyl (C=S) groups is 1. The molecule has 0 unspecified atom stereocenters. The van der Waals surface area contributed by atoms with Crippen LogP contribution in [0, 0.1) is 6.92 Å². The summed E-state index contributed by atoms with van der Waals surface area (Å²) >= 11 is 5.71. The smallest absolute Gasteiger partial charge is 0.335 e. The number of aryl methyl sites for hydroxylation is 1. The van der Waals surface area contributed by atoms with E-state index in [1.165, 1.54) is 0 Å². The fraction of sp³-hybridized carbons (Fsp3) is 0.320. The number of aromatic carboxylic acids is 1. The second-order valence-electron chi connectivity index (χ2n) is 8.51. The van der Waals surface area contributed by atoms with Crippen LogP contribution in [0.15, 0.2) is 59.1 Å². The van der Waals surface area contributed by atoms with Gasteiger partial charge in [0, 0.05) is 18.3 Å². The van der Waals surface area contributed by atoms with E-state index in [1.54, 1.807) is 24.4 Å². The Hall–Kier alpha value is -3.23. The summed E-state index contributed by atoms with van der Waals surface area (Å²) in [6, 6.07) is 14.6. The van der Waals surface area contributed by atoms with Gasteiger partial charge in [-0.15, -0.1) is 0 Å². The molecule has 3 aromatic rings. The fourth-order valence-corrected chi connectivity index (χ4v) is 4.57. The lowest BCUT2D eigenvalue weighted by molar-refractivity contribution is 0.0697. The molecule has 1 aromatic carbocycles. The Kier molecular flexibility index (Phi) is 6.76. The van der Waals surface area contributed by atoms with Crippen LogP contribution in [0.25, 0.3) is 11.3 Å². The molecule has 0 radical (unpaired) electrons. The lowest BCUT2D eigenvalue weighted by Gasteiger charge is -2.26. The highest BCUT2D eigenvalue weighted by molar-refractivity contribution is 7.80. The van der Waals surface area contributed by atoms with Gasteiger partial charge < -0.3 is 24.6 Å². The Bertz CT molecular complexity index is 1150. The summed E-state index contributed by atoms with van der Waals surface area (Å²) in [7, 11) is 4.12. The highest BCUT2D eigenvalue weighted by Crippen LogP contribution is 2.40. The second-order valence-corrected chi connectivity index (χ2v) is 8.90. The molecule has 1 saturated heterocycles. The summed E-state index contributed by atoms with van der Waals surface area (Å²) in [6.45, 7) is 3.64. The third-order valence-electron chi connectivity index (χ3n) is 5.86. The third-order valence-corrected chi connectivity index (χ3v) is 6.21. The molecule has 172 valence electrons. The molecule has 2 aromatic heterocycles. The van der Waals surface area contributed by atoms with Crippen LogP contribution in [-0.2, 0) is 0 Å². The van der Waals surface area contributed by atoms with Gasteiger partial charge in [-0.2, -0.15) is 0 Å². The number of aromatic nitrogens is 1. The first-order valence-electron chi connectivity index (χ1n) is 10.9. The molecule has 0 aliphatic carbocycles. The van der Waals surface area contributed by atoms with E-state index < -0.39 is 5.97 Å². The van der Waals surface area contributed by atoms with Gasteiger partial charge in [-0.05, 0) is 88.2 Å². The number of nitrogens with zero attached hydrogens (tertiary/aromatic N) is 3. The van der Waals surface area contributed by atoms with Crippen molar-refractivity contribution in [3.63, 3.8) is 0 Å². The minimum absolute atomic E-state index is 0.132. The summed E-state index contributed by atoms with van der Waals surface area (Å²) in [5.74, 6) is 0.548. The topological polar surface area (TPSA) is 81.8 Å². The van der Waals surface area contributed by atoms with E-state index >= 15 is 0 Å². The summed E-state index contributed by atoms with van der Waals surface area (Å²) in [5.41, 5.74) is 2.88. The standard InChI is InChI=1S/C25H28N4O3S/c1-16-15-17(24(30)31)8-9-18(16)20-10-11-21(32-20)23-22(19-7-4-5-12-26-19)27-25(33)29(23)14-6-13-28(2)3/h4-5,7-12,15,22-23H,6,13-14H2,1-3H3,(H,27,33)(H,30,31)/t22-,23+/m1/s1. The number of furan rings is 1. The van der Waals surface area contributed by atoms with Crippen LogP contribution in [0.1, 0.15) is 45.9 Å². The quantitative estimate of drug-likeness (QED) is 0.478. The van der Waals surface area contributed by atoms with Crippen LogP contribution < -0.4 is 5.32 Å². The molecule has 2 atom stereocenters. The van der Waals surface area contributed by atoms with Gasteiger partial charge in [0.25, 0.3) is 0 Å². The Morgan fingerprint density at radius 3 is 2.73 bits per heavy atom. The van der Waals surface area contributed by atoms with E-state index in [9.17, 15) is 9.90 Å². The van der Waals surface area contributed by atoms with Gasteiger partial charge in [0.15, 0.2) is 5.11 Å². The van der Waals surface area contributed by atoms with Gasteiger partial charge >= 0.3 is 5.97 Å². The minimum atomic E-state index is -0.943. The van der Waals surface area contributed by atoms with Crippen molar-refractivity contribution in [3.8, 4) is 11.3 Å². The van der Waals surface area contributed by atoms with Crippen LogP contribution in [0.5, 0.6) is 0 Å². The number of benzene rings is 1. The maximum Gasteiger partial charge on any atom is 0.335 e. The van der Waals surface area contributed by atoms with Crippen molar-refractivity contribution < 1.29 is 14.3 Å². The molecule has 1 fully saturated rings. The average molecular weight is 465 g/mol. The Labute approximate surface area is 199 Å². The number of hydrogen-bond donors (Lipinski definition) is 2. The van der Waals surface area contributed by atoms with E-state index in [-0.39, 0.29) is 17.6 Å².